The lowest BCUT2D eigenvalue weighted by Crippen LogP contribution is -2.52. The second-order valence-electron chi connectivity index (χ2n) is 16.9. The molecule has 1 aliphatic carbocycles. The maximum atomic E-state index is 15.3. The Labute approximate surface area is 332 Å². The predicted molar refractivity (Wildman–Crippen MR) is 227 cm³/mol. The first-order chi connectivity index (χ1) is 26.2. The molecule has 0 saturated heterocycles. The molecule has 0 N–H and O–H groups in total. The molecule has 7 nitrogen and oxygen atoms in total. The van der Waals surface area contributed by atoms with Gasteiger partial charge in [0.25, 0.3) is 0 Å². The molecule has 3 aromatic carbocycles. The molecule has 55 heavy (non-hydrogen) atoms. The minimum absolute atomic E-state index is 0.167. The lowest BCUT2D eigenvalue weighted by molar-refractivity contribution is -0.00339. The van der Waals surface area contributed by atoms with E-state index >= 15 is 4.79 Å². The number of allylic oxidation sites excluding steroid dienone is 1. The van der Waals surface area contributed by atoms with E-state index in [-0.39, 0.29) is 23.5 Å². The van der Waals surface area contributed by atoms with Crippen LogP contribution in [0, 0.1) is 5.92 Å². The van der Waals surface area contributed by atoms with Gasteiger partial charge in [-0.1, -0.05) is 104 Å². The van der Waals surface area contributed by atoms with E-state index in [0.717, 1.165) is 59.1 Å². The molecule has 1 amide bonds. The summed E-state index contributed by atoms with van der Waals surface area (Å²) in [6, 6.07) is 24.3. The number of ether oxygens (including phenoxy) is 5. The number of benzene rings is 3. The van der Waals surface area contributed by atoms with Crippen LogP contribution in [0.15, 0.2) is 90.0 Å². The number of carbonyl (C=O) groups excluding carboxylic acids is 1. The highest BCUT2D eigenvalue weighted by atomic mass is 28.3. The van der Waals surface area contributed by atoms with Gasteiger partial charge in [-0.3, -0.25) is 4.90 Å². The van der Waals surface area contributed by atoms with E-state index in [1.165, 1.54) is 5.56 Å². The second-order valence-corrected chi connectivity index (χ2v) is 22.7. The van der Waals surface area contributed by atoms with Crippen LogP contribution < -0.4 is 14.2 Å². The summed E-state index contributed by atoms with van der Waals surface area (Å²) in [5.41, 5.74) is 5.03. The van der Waals surface area contributed by atoms with Gasteiger partial charge in [0.2, 0.25) is 0 Å². The molecule has 0 spiro atoms. The molecule has 298 valence electrons. The average Bonchev–Trinajstić information content (AvgIpc) is 3.18. The average molecular weight is 768 g/mol. The van der Waals surface area contributed by atoms with E-state index in [0.29, 0.717) is 34.5 Å². The summed E-state index contributed by atoms with van der Waals surface area (Å²) in [6.45, 7) is 18.7. The van der Waals surface area contributed by atoms with Crippen molar-refractivity contribution in [1.82, 2.24) is 4.90 Å². The standard InChI is InChI=1S/C47H65NO6Si/c1-31(2)55(32(3)4,33(5)6)43-30-48(46(49)54-42-24-17-16-23-40(42)47(7,8)36-20-14-13-15-21-36)41(27-34-25-38(51-10)29-39(26-34)52-11)44(45(43)53-12)35-19-18-22-37(28-35)50-9/h13-15,18-22,25-26,28-33,40-42H,16-17,23-24,27H2,1-12H3/t40-,41-,42-/m0/s1. The van der Waals surface area contributed by atoms with Gasteiger partial charge < -0.3 is 23.7 Å². The van der Waals surface area contributed by atoms with Crippen LogP contribution in [0.25, 0.3) is 5.57 Å². The van der Waals surface area contributed by atoms with Crippen molar-refractivity contribution in [2.45, 2.75) is 122 Å². The Kier molecular flexibility index (Phi) is 13.5. The SMILES string of the molecule is COC1=C(c2cccc(OC)c2)[C@H](Cc2cc(OC)cc(OC)c2)N(C(=O)O[C@H]2CCCC[C@@H]2C(C)(C)c2ccccc2)C=C1[Si](C(C)C)(C(C)C)C(C)C. The summed E-state index contributed by atoms with van der Waals surface area (Å²) in [6.07, 6.45) is 6.03. The van der Waals surface area contributed by atoms with Crippen molar-refractivity contribution in [3.05, 3.63) is 107 Å². The van der Waals surface area contributed by atoms with E-state index in [1.54, 1.807) is 28.4 Å². The zero-order chi connectivity index (χ0) is 40.1. The fourth-order valence-electron chi connectivity index (χ4n) is 10.2. The zero-order valence-corrected chi connectivity index (χ0v) is 36.4. The first kappa shape index (κ1) is 42.0. The number of hydrogen-bond donors (Lipinski definition) is 0. The number of amides is 1. The highest BCUT2D eigenvalue weighted by molar-refractivity contribution is 6.90. The van der Waals surface area contributed by atoms with Gasteiger partial charge in [0.15, 0.2) is 0 Å². The fourth-order valence-corrected chi connectivity index (χ4v) is 17.1. The Morgan fingerprint density at radius 2 is 1.35 bits per heavy atom. The molecule has 1 saturated carbocycles. The molecule has 1 aliphatic heterocycles. The maximum Gasteiger partial charge on any atom is 0.414 e. The van der Waals surface area contributed by atoms with Crippen molar-refractivity contribution in [2.24, 2.45) is 5.92 Å². The molecule has 3 atom stereocenters. The first-order valence-electron chi connectivity index (χ1n) is 20.2. The first-order valence-corrected chi connectivity index (χ1v) is 22.4. The third kappa shape index (κ3) is 8.35. The minimum atomic E-state index is -2.43. The Morgan fingerprint density at radius 1 is 0.745 bits per heavy atom. The van der Waals surface area contributed by atoms with Crippen molar-refractivity contribution in [2.75, 3.05) is 28.4 Å². The number of hydrogen-bond acceptors (Lipinski definition) is 6. The predicted octanol–water partition coefficient (Wildman–Crippen LogP) is 11.8. The summed E-state index contributed by atoms with van der Waals surface area (Å²) in [7, 11) is 4.36. The van der Waals surface area contributed by atoms with Gasteiger partial charge in [-0.25, -0.2) is 4.79 Å². The quantitative estimate of drug-likeness (QED) is 0.152. The molecule has 8 heteroatoms. The van der Waals surface area contributed by atoms with Crippen molar-refractivity contribution >= 4 is 19.7 Å². The van der Waals surface area contributed by atoms with Crippen LogP contribution in [0.5, 0.6) is 17.2 Å². The highest BCUT2D eigenvalue weighted by Crippen LogP contribution is 2.53. The largest absolute Gasteiger partial charge is 0.497 e. The zero-order valence-electron chi connectivity index (χ0n) is 35.4. The van der Waals surface area contributed by atoms with Crippen LogP contribution in [0.4, 0.5) is 4.79 Å². The van der Waals surface area contributed by atoms with Crippen molar-refractivity contribution in [3.63, 3.8) is 0 Å². The molecule has 1 fully saturated rings. The van der Waals surface area contributed by atoms with Gasteiger partial charge in [-0.15, -0.1) is 0 Å². The van der Waals surface area contributed by atoms with Crippen LogP contribution in [-0.4, -0.2) is 59.7 Å². The van der Waals surface area contributed by atoms with Crippen LogP contribution in [0.3, 0.4) is 0 Å². The third-order valence-electron chi connectivity index (χ3n) is 12.8. The molecule has 1 heterocycles. The van der Waals surface area contributed by atoms with E-state index in [4.69, 9.17) is 23.7 Å². The molecular weight excluding hydrogens is 703 g/mol. The van der Waals surface area contributed by atoms with Crippen molar-refractivity contribution in [3.8, 4) is 17.2 Å². The monoisotopic (exact) mass is 767 g/mol. The Bertz CT molecular complexity index is 1790. The number of rotatable bonds is 14. The van der Waals surface area contributed by atoms with E-state index in [2.05, 4.69) is 104 Å². The van der Waals surface area contributed by atoms with Crippen LogP contribution in [0.2, 0.25) is 16.6 Å². The van der Waals surface area contributed by atoms with Crippen LogP contribution in [0.1, 0.15) is 97.8 Å². The Hall–Kier alpha value is -4.17. The summed E-state index contributed by atoms with van der Waals surface area (Å²) < 4.78 is 30.7. The lowest BCUT2D eigenvalue weighted by atomic mass is 9.66. The van der Waals surface area contributed by atoms with Gasteiger partial charge in [0.05, 0.1) is 34.5 Å². The van der Waals surface area contributed by atoms with Crippen LogP contribution >= 0.6 is 0 Å². The number of carbonyl (C=O) groups is 1. The smallest absolute Gasteiger partial charge is 0.414 e. The van der Waals surface area contributed by atoms with Gasteiger partial charge in [-0.05, 0) is 93.9 Å². The summed E-state index contributed by atoms with van der Waals surface area (Å²) >= 11 is 0. The normalized spacial score (nSPS) is 19.4. The summed E-state index contributed by atoms with van der Waals surface area (Å²) in [4.78, 5) is 17.2. The third-order valence-corrected chi connectivity index (χ3v) is 19.8. The molecule has 0 bridgehead atoms. The number of nitrogens with zero attached hydrogens (tertiary/aromatic N) is 1. The van der Waals surface area contributed by atoms with Crippen molar-refractivity contribution < 1.29 is 28.5 Å². The van der Waals surface area contributed by atoms with E-state index in [1.807, 2.05) is 35.2 Å². The molecule has 2 aliphatic rings. The van der Waals surface area contributed by atoms with Gasteiger partial charge in [0, 0.05) is 23.8 Å². The van der Waals surface area contributed by atoms with Crippen molar-refractivity contribution in [1.29, 1.82) is 0 Å². The second kappa shape index (κ2) is 17.7. The summed E-state index contributed by atoms with van der Waals surface area (Å²) in [5.74, 6) is 3.13. The molecule has 0 aromatic heterocycles. The highest BCUT2D eigenvalue weighted by Gasteiger charge is 2.51. The van der Waals surface area contributed by atoms with Gasteiger partial charge in [0.1, 0.15) is 37.2 Å². The molecule has 0 radical (unpaired) electrons. The Morgan fingerprint density at radius 3 is 1.91 bits per heavy atom. The molecule has 5 rings (SSSR count). The molecule has 3 aromatic rings. The van der Waals surface area contributed by atoms with Gasteiger partial charge >= 0.3 is 6.09 Å². The van der Waals surface area contributed by atoms with Crippen LogP contribution in [-0.2, 0) is 21.3 Å². The summed E-state index contributed by atoms with van der Waals surface area (Å²) in [5, 5.41) is 1.15. The van der Waals surface area contributed by atoms with Gasteiger partial charge in [-0.2, -0.15) is 0 Å². The topological polar surface area (TPSA) is 66.5 Å². The Balaban J connectivity index is 1.75. The fraction of sp³-hybridized carbons (Fsp3) is 0.511. The molecule has 0 unspecified atom stereocenters. The number of methoxy groups -OCH3 is 4. The van der Waals surface area contributed by atoms with E-state index < -0.39 is 14.1 Å². The lowest BCUT2D eigenvalue weighted by Gasteiger charge is -2.49. The minimum Gasteiger partial charge on any atom is -0.497 e. The van der Waals surface area contributed by atoms with E-state index in [9.17, 15) is 0 Å². The molecular formula is C47H65NO6Si. The maximum absolute atomic E-state index is 15.3.